The molecule has 3 aromatic heterocycles. The number of aromatic nitrogens is 4. The molecule has 0 spiro atoms. The van der Waals surface area contributed by atoms with Crippen molar-refractivity contribution in [2.45, 2.75) is 23.9 Å². The van der Waals surface area contributed by atoms with Crippen LogP contribution < -0.4 is 0 Å². The standard InChI is InChI=1S/C19H12ClF3N4O2S/c1-10-15(16(27-29-10)11-5-3-2-4-6-11)17-26-25-14(28-17)9-30-18-13(20)7-12(8-24-18)19(21,22)23/h2-8H,9H2,1H3. The number of benzene rings is 1. The van der Waals surface area contributed by atoms with Gasteiger partial charge in [-0.25, -0.2) is 4.98 Å². The molecule has 30 heavy (non-hydrogen) atoms. The Balaban J connectivity index is 1.53. The summed E-state index contributed by atoms with van der Waals surface area (Å²) >= 11 is 7.02. The van der Waals surface area contributed by atoms with Crippen LogP contribution in [0.5, 0.6) is 0 Å². The van der Waals surface area contributed by atoms with E-state index in [2.05, 4.69) is 20.3 Å². The maximum absolute atomic E-state index is 12.7. The summed E-state index contributed by atoms with van der Waals surface area (Å²) in [6, 6.07) is 10.2. The van der Waals surface area contributed by atoms with Crippen LogP contribution in [0.1, 0.15) is 17.2 Å². The van der Waals surface area contributed by atoms with Crippen molar-refractivity contribution < 1.29 is 22.1 Å². The minimum absolute atomic E-state index is 0.101. The van der Waals surface area contributed by atoms with Gasteiger partial charge in [-0.3, -0.25) is 0 Å². The van der Waals surface area contributed by atoms with Gasteiger partial charge in [-0.1, -0.05) is 58.9 Å². The SMILES string of the molecule is Cc1onc(-c2ccccc2)c1-c1nnc(CSc2ncc(C(F)(F)F)cc2Cl)o1. The third-order valence-corrected chi connectivity index (χ3v) is 5.45. The summed E-state index contributed by atoms with van der Waals surface area (Å²) in [6.45, 7) is 1.74. The molecule has 0 bridgehead atoms. The monoisotopic (exact) mass is 452 g/mol. The van der Waals surface area contributed by atoms with E-state index in [0.29, 0.717) is 17.0 Å². The first-order valence-corrected chi connectivity index (χ1v) is 9.89. The molecule has 0 aliphatic rings. The van der Waals surface area contributed by atoms with E-state index in [9.17, 15) is 13.2 Å². The fourth-order valence-electron chi connectivity index (χ4n) is 2.65. The average molecular weight is 453 g/mol. The normalized spacial score (nSPS) is 11.8. The van der Waals surface area contributed by atoms with Crippen LogP contribution in [-0.2, 0) is 11.9 Å². The van der Waals surface area contributed by atoms with Crippen LogP contribution in [0.3, 0.4) is 0 Å². The maximum atomic E-state index is 12.7. The third kappa shape index (κ3) is 4.19. The highest BCUT2D eigenvalue weighted by Crippen LogP contribution is 2.36. The fraction of sp³-hybridized carbons (Fsp3) is 0.158. The molecule has 0 unspecified atom stereocenters. The van der Waals surface area contributed by atoms with Crippen molar-refractivity contribution >= 4 is 23.4 Å². The van der Waals surface area contributed by atoms with Gasteiger partial charge in [-0.2, -0.15) is 13.2 Å². The number of aryl methyl sites for hydroxylation is 1. The van der Waals surface area contributed by atoms with Gasteiger partial charge in [0.2, 0.25) is 5.89 Å². The quantitative estimate of drug-likeness (QED) is 0.340. The van der Waals surface area contributed by atoms with Crippen molar-refractivity contribution in [1.29, 1.82) is 0 Å². The Bertz CT molecular complexity index is 1180. The second-order valence-corrected chi connectivity index (χ2v) is 7.50. The summed E-state index contributed by atoms with van der Waals surface area (Å²) < 4.78 is 49.2. The highest BCUT2D eigenvalue weighted by Gasteiger charge is 2.31. The largest absolute Gasteiger partial charge is 0.420 e. The predicted octanol–water partition coefficient (Wildman–Crippen LogP) is 6.06. The van der Waals surface area contributed by atoms with E-state index in [0.717, 1.165) is 29.6 Å². The second-order valence-electron chi connectivity index (χ2n) is 6.13. The highest BCUT2D eigenvalue weighted by molar-refractivity contribution is 7.98. The Hall–Kier alpha value is -2.85. The lowest BCUT2D eigenvalue weighted by Gasteiger charge is -2.08. The number of rotatable bonds is 5. The van der Waals surface area contributed by atoms with Gasteiger partial charge < -0.3 is 8.94 Å². The first-order valence-electron chi connectivity index (χ1n) is 8.53. The Kier molecular flexibility index (Phi) is 5.52. The molecule has 0 radical (unpaired) electrons. The van der Waals surface area contributed by atoms with Crippen molar-refractivity contribution in [3.05, 3.63) is 64.8 Å². The lowest BCUT2D eigenvalue weighted by Crippen LogP contribution is -2.05. The summed E-state index contributed by atoms with van der Waals surface area (Å²) in [5, 5.41) is 12.3. The number of thioether (sulfide) groups is 1. The van der Waals surface area contributed by atoms with E-state index < -0.39 is 11.7 Å². The summed E-state index contributed by atoms with van der Waals surface area (Å²) in [4.78, 5) is 3.78. The molecule has 4 aromatic rings. The average Bonchev–Trinajstić information content (AvgIpc) is 3.33. The Morgan fingerprint density at radius 1 is 1.13 bits per heavy atom. The van der Waals surface area contributed by atoms with Crippen LogP contribution in [0.4, 0.5) is 13.2 Å². The van der Waals surface area contributed by atoms with Crippen LogP contribution in [-0.4, -0.2) is 20.3 Å². The van der Waals surface area contributed by atoms with Gasteiger partial charge in [-0.05, 0) is 13.0 Å². The van der Waals surface area contributed by atoms with E-state index >= 15 is 0 Å². The molecule has 0 atom stereocenters. The number of hydrogen-bond donors (Lipinski definition) is 0. The number of alkyl halides is 3. The number of hydrogen-bond acceptors (Lipinski definition) is 7. The first kappa shape index (κ1) is 20.4. The Labute approximate surface area is 177 Å². The summed E-state index contributed by atoms with van der Waals surface area (Å²) in [5.74, 6) is 1.18. The van der Waals surface area contributed by atoms with E-state index in [-0.39, 0.29) is 27.6 Å². The Morgan fingerprint density at radius 3 is 2.60 bits per heavy atom. The molecule has 11 heteroatoms. The predicted molar refractivity (Wildman–Crippen MR) is 104 cm³/mol. The molecular weight excluding hydrogens is 441 g/mol. The van der Waals surface area contributed by atoms with Crippen LogP contribution >= 0.6 is 23.4 Å². The van der Waals surface area contributed by atoms with Crippen LogP contribution in [0, 0.1) is 6.92 Å². The van der Waals surface area contributed by atoms with E-state index in [1.54, 1.807) is 6.92 Å². The minimum atomic E-state index is -4.51. The molecule has 0 saturated carbocycles. The lowest BCUT2D eigenvalue weighted by atomic mass is 10.1. The molecule has 0 aliphatic heterocycles. The molecule has 4 rings (SSSR count). The van der Waals surface area contributed by atoms with Crippen molar-refractivity contribution in [3.8, 4) is 22.7 Å². The van der Waals surface area contributed by atoms with Crippen molar-refractivity contribution in [2.24, 2.45) is 0 Å². The van der Waals surface area contributed by atoms with Crippen LogP contribution in [0.2, 0.25) is 5.02 Å². The molecule has 6 nitrogen and oxygen atoms in total. The molecule has 0 N–H and O–H groups in total. The number of pyridine rings is 1. The van der Waals surface area contributed by atoms with Gasteiger partial charge in [0.15, 0.2) is 0 Å². The molecule has 1 aromatic carbocycles. The fourth-order valence-corrected chi connectivity index (χ4v) is 3.68. The zero-order chi connectivity index (χ0) is 21.3. The minimum Gasteiger partial charge on any atom is -0.420 e. The second kappa shape index (κ2) is 8.11. The molecule has 154 valence electrons. The van der Waals surface area contributed by atoms with Gasteiger partial charge in [0, 0.05) is 11.8 Å². The van der Waals surface area contributed by atoms with E-state index in [1.807, 2.05) is 30.3 Å². The van der Waals surface area contributed by atoms with Gasteiger partial charge >= 0.3 is 6.18 Å². The van der Waals surface area contributed by atoms with Gasteiger partial charge in [0.25, 0.3) is 5.89 Å². The van der Waals surface area contributed by atoms with Crippen LogP contribution in [0.15, 0.2) is 56.6 Å². The third-order valence-electron chi connectivity index (χ3n) is 4.06. The summed E-state index contributed by atoms with van der Waals surface area (Å²) in [5.41, 5.74) is 1.08. The summed E-state index contributed by atoms with van der Waals surface area (Å²) in [7, 11) is 0. The zero-order valence-electron chi connectivity index (χ0n) is 15.3. The highest BCUT2D eigenvalue weighted by atomic mass is 35.5. The molecule has 0 fully saturated rings. The van der Waals surface area contributed by atoms with Gasteiger partial charge in [-0.15, -0.1) is 10.2 Å². The van der Waals surface area contributed by atoms with Gasteiger partial charge in [0.1, 0.15) is 22.0 Å². The van der Waals surface area contributed by atoms with Crippen molar-refractivity contribution in [3.63, 3.8) is 0 Å². The summed E-state index contributed by atoms with van der Waals surface area (Å²) in [6.07, 6.45) is -3.77. The van der Waals surface area contributed by atoms with E-state index in [1.165, 1.54) is 0 Å². The smallest absolute Gasteiger partial charge is 0.417 e. The number of halogens is 4. The molecule has 0 amide bonds. The van der Waals surface area contributed by atoms with E-state index in [4.69, 9.17) is 20.5 Å². The maximum Gasteiger partial charge on any atom is 0.417 e. The lowest BCUT2D eigenvalue weighted by molar-refractivity contribution is -0.137. The van der Waals surface area contributed by atoms with Gasteiger partial charge in [0.05, 0.1) is 16.3 Å². The molecule has 3 heterocycles. The molecule has 0 saturated heterocycles. The first-order chi connectivity index (χ1) is 14.3. The molecule has 0 aliphatic carbocycles. The Morgan fingerprint density at radius 2 is 1.90 bits per heavy atom. The van der Waals surface area contributed by atoms with Crippen molar-refractivity contribution in [1.82, 2.24) is 20.3 Å². The van der Waals surface area contributed by atoms with Crippen molar-refractivity contribution in [2.75, 3.05) is 0 Å². The number of nitrogens with zero attached hydrogens (tertiary/aromatic N) is 4. The topological polar surface area (TPSA) is 77.8 Å². The molecular formula is C19H12ClF3N4O2S. The van der Waals surface area contributed by atoms with Crippen LogP contribution in [0.25, 0.3) is 22.7 Å². The zero-order valence-corrected chi connectivity index (χ0v) is 16.8.